The van der Waals surface area contributed by atoms with E-state index in [4.69, 9.17) is 5.73 Å². The molecule has 0 saturated carbocycles. The molecule has 1 heterocycles. The van der Waals surface area contributed by atoms with Gasteiger partial charge in [0.2, 0.25) is 5.91 Å². The summed E-state index contributed by atoms with van der Waals surface area (Å²) in [5.74, 6) is 0.175. The van der Waals surface area contributed by atoms with E-state index in [-0.39, 0.29) is 5.56 Å². The minimum absolute atomic E-state index is 0.129. The number of aromatic nitrogens is 2. The molecule has 104 valence electrons. The maximum absolute atomic E-state index is 12.1. The molecule has 0 aliphatic heterocycles. The molecule has 0 unspecified atom stereocenters. The van der Waals surface area contributed by atoms with Gasteiger partial charge in [-0.05, 0) is 53.0 Å². The highest BCUT2D eigenvalue weighted by Gasteiger charge is 2.09. The SMILES string of the molecule is Cc1cc(C(N)=O)ccc1Cn1c(C)ncc(Br)c1=O. The van der Waals surface area contributed by atoms with Gasteiger partial charge < -0.3 is 5.73 Å². The summed E-state index contributed by atoms with van der Waals surface area (Å²) in [5.41, 5.74) is 7.43. The average molecular weight is 336 g/mol. The van der Waals surface area contributed by atoms with Crippen LogP contribution in [-0.2, 0) is 6.54 Å². The number of hydrogen-bond donors (Lipinski definition) is 1. The summed E-state index contributed by atoms with van der Waals surface area (Å²) in [5, 5.41) is 0. The molecule has 0 aliphatic carbocycles. The van der Waals surface area contributed by atoms with Crippen LogP contribution < -0.4 is 11.3 Å². The van der Waals surface area contributed by atoms with E-state index >= 15 is 0 Å². The molecule has 1 aromatic carbocycles. The Morgan fingerprint density at radius 2 is 2.10 bits per heavy atom. The highest BCUT2D eigenvalue weighted by Crippen LogP contribution is 2.13. The van der Waals surface area contributed by atoms with Crippen LogP contribution in [0.2, 0.25) is 0 Å². The number of primary amides is 1. The lowest BCUT2D eigenvalue weighted by Crippen LogP contribution is -2.25. The molecule has 0 aliphatic rings. The van der Waals surface area contributed by atoms with Crippen LogP contribution in [0.5, 0.6) is 0 Å². The zero-order chi connectivity index (χ0) is 14.9. The maximum atomic E-state index is 12.1. The quantitative estimate of drug-likeness (QED) is 0.928. The second-order valence-corrected chi connectivity index (χ2v) is 5.40. The molecule has 1 aromatic heterocycles. The summed E-state index contributed by atoms with van der Waals surface area (Å²) in [6.45, 7) is 4.07. The van der Waals surface area contributed by atoms with Crippen LogP contribution >= 0.6 is 15.9 Å². The summed E-state index contributed by atoms with van der Waals surface area (Å²) in [6.07, 6.45) is 1.50. The fourth-order valence-electron chi connectivity index (χ4n) is 1.93. The number of nitrogens with two attached hydrogens (primary N) is 1. The zero-order valence-electron chi connectivity index (χ0n) is 11.2. The Bertz CT molecular complexity index is 738. The first-order chi connectivity index (χ1) is 9.40. The summed E-state index contributed by atoms with van der Waals surface area (Å²) in [4.78, 5) is 27.4. The van der Waals surface area contributed by atoms with E-state index in [2.05, 4.69) is 20.9 Å². The number of benzene rings is 1. The van der Waals surface area contributed by atoms with Gasteiger partial charge in [-0.3, -0.25) is 14.2 Å². The highest BCUT2D eigenvalue weighted by molar-refractivity contribution is 9.10. The van der Waals surface area contributed by atoms with Crippen molar-refractivity contribution >= 4 is 21.8 Å². The molecule has 0 atom stereocenters. The third kappa shape index (κ3) is 2.80. The first-order valence-corrected chi connectivity index (χ1v) is 6.80. The van der Waals surface area contributed by atoms with Gasteiger partial charge >= 0.3 is 0 Å². The minimum Gasteiger partial charge on any atom is -0.366 e. The van der Waals surface area contributed by atoms with Crippen LogP contribution in [-0.4, -0.2) is 15.5 Å². The van der Waals surface area contributed by atoms with Gasteiger partial charge in [0, 0.05) is 11.8 Å². The van der Waals surface area contributed by atoms with E-state index in [9.17, 15) is 9.59 Å². The predicted octanol–water partition coefficient (Wildman–Crippen LogP) is 1.77. The topological polar surface area (TPSA) is 78.0 Å². The Morgan fingerprint density at radius 3 is 2.70 bits per heavy atom. The van der Waals surface area contributed by atoms with Gasteiger partial charge in [-0.25, -0.2) is 4.98 Å². The Morgan fingerprint density at radius 1 is 1.40 bits per heavy atom. The smallest absolute Gasteiger partial charge is 0.268 e. The lowest BCUT2D eigenvalue weighted by Gasteiger charge is -2.12. The number of hydrogen-bond acceptors (Lipinski definition) is 3. The molecular weight excluding hydrogens is 322 g/mol. The van der Waals surface area contributed by atoms with Crippen molar-refractivity contribution < 1.29 is 4.79 Å². The third-order valence-electron chi connectivity index (χ3n) is 3.16. The van der Waals surface area contributed by atoms with Crippen molar-refractivity contribution in [1.29, 1.82) is 0 Å². The lowest BCUT2D eigenvalue weighted by atomic mass is 10.0. The minimum atomic E-state index is -0.461. The van der Waals surface area contributed by atoms with E-state index in [1.165, 1.54) is 6.20 Å². The Hall–Kier alpha value is -1.95. The molecule has 0 radical (unpaired) electrons. The van der Waals surface area contributed by atoms with Crippen molar-refractivity contribution in [3.8, 4) is 0 Å². The summed E-state index contributed by atoms with van der Waals surface area (Å²) < 4.78 is 2.01. The molecule has 5 nitrogen and oxygen atoms in total. The largest absolute Gasteiger partial charge is 0.366 e. The number of halogens is 1. The van der Waals surface area contributed by atoms with E-state index < -0.39 is 5.91 Å². The van der Waals surface area contributed by atoms with Crippen LogP contribution in [0, 0.1) is 13.8 Å². The Labute approximate surface area is 124 Å². The predicted molar refractivity (Wildman–Crippen MR) is 79.7 cm³/mol. The van der Waals surface area contributed by atoms with E-state index in [1.807, 2.05) is 13.0 Å². The van der Waals surface area contributed by atoms with Gasteiger partial charge in [0.15, 0.2) is 0 Å². The molecule has 2 N–H and O–H groups in total. The lowest BCUT2D eigenvalue weighted by molar-refractivity contribution is 0.1000. The van der Waals surface area contributed by atoms with Crippen LogP contribution in [0.1, 0.15) is 27.3 Å². The van der Waals surface area contributed by atoms with Crippen molar-refractivity contribution in [3.63, 3.8) is 0 Å². The number of rotatable bonds is 3. The summed E-state index contributed by atoms with van der Waals surface area (Å²) in [6, 6.07) is 5.20. The highest BCUT2D eigenvalue weighted by atomic mass is 79.9. The third-order valence-corrected chi connectivity index (χ3v) is 3.70. The van der Waals surface area contributed by atoms with Crippen molar-refractivity contribution in [2.24, 2.45) is 5.73 Å². The second kappa shape index (κ2) is 5.58. The number of amides is 1. The molecular formula is C14H14BrN3O2. The first-order valence-electron chi connectivity index (χ1n) is 6.01. The molecule has 20 heavy (non-hydrogen) atoms. The Kier molecular flexibility index (Phi) is 4.04. The van der Waals surface area contributed by atoms with Crippen molar-refractivity contribution in [3.05, 3.63) is 61.7 Å². The monoisotopic (exact) mass is 335 g/mol. The first kappa shape index (κ1) is 14.5. The molecule has 2 aromatic rings. The maximum Gasteiger partial charge on any atom is 0.268 e. The normalized spacial score (nSPS) is 10.6. The van der Waals surface area contributed by atoms with Gasteiger partial charge in [-0.15, -0.1) is 0 Å². The molecule has 0 bridgehead atoms. The van der Waals surface area contributed by atoms with Crippen LogP contribution in [0.25, 0.3) is 0 Å². The fourth-order valence-corrected chi connectivity index (χ4v) is 2.25. The van der Waals surface area contributed by atoms with E-state index in [0.717, 1.165) is 11.1 Å². The van der Waals surface area contributed by atoms with Crippen molar-refractivity contribution in [2.45, 2.75) is 20.4 Å². The van der Waals surface area contributed by atoms with Gasteiger partial charge in [0.25, 0.3) is 5.56 Å². The van der Waals surface area contributed by atoms with Gasteiger partial charge in [-0.1, -0.05) is 6.07 Å². The molecule has 0 fully saturated rings. The number of aryl methyl sites for hydroxylation is 2. The van der Waals surface area contributed by atoms with Crippen LogP contribution in [0.3, 0.4) is 0 Å². The van der Waals surface area contributed by atoms with Crippen molar-refractivity contribution in [1.82, 2.24) is 9.55 Å². The second-order valence-electron chi connectivity index (χ2n) is 4.55. The zero-order valence-corrected chi connectivity index (χ0v) is 12.8. The summed E-state index contributed by atoms with van der Waals surface area (Å²) in [7, 11) is 0. The number of nitrogens with zero attached hydrogens (tertiary/aromatic N) is 2. The molecule has 1 amide bonds. The molecule has 6 heteroatoms. The van der Waals surface area contributed by atoms with E-state index in [1.54, 1.807) is 23.6 Å². The van der Waals surface area contributed by atoms with Crippen LogP contribution in [0.4, 0.5) is 0 Å². The summed E-state index contributed by atoms with van der Waals surface area (Å²) >= 11 is 3.19. The van der Waals surface area contributed by atoms with Crippen molar-refractivity contribution in [2.75, 3.05) is 0 Å². The number of carbonyl (C=O) groups is 1. The Balaban J connectivity index is 2.43. The molecule has 0 saturated heterocycles. The van der Waals surface area contributed by atoms with Gasteiger partial charge in [0.1, 0.15) is 10.3 Å². The van der Waals surface area contributed by atoms with E-state index in [0.29, 0.717) is 22.4 Å². The standard InChI is InChI=1S/C14H14BrN3O2/c1-8-5-10(13(16)19)3-4-11(8)7-18-9(2)17-6-12(15)14(18)20/h3-6H,7H2,1-2H3,(H2,16,19). The average Bonchev–Trinajstić information content (AvgIpc) is 2.40. The molecule has 0 spiro atoms. The fraction of sp³-hybridized carbons (Fsp3) is 0.214. The number of carbonyl (C=O) groups excluding carboxylic acids is 1. The molecule has 2 rings (SSSR count). The van der Waals surface area contributed by atoms with Gasteiger partial charge in [-0.2, -0.15) is 0 Å². The van der Waals surface area contributed by atoms with Gasteiger partial charge in [0.05, 0.1) is 6.54 Å². The van der Waals surface area contributed by atoms with Crippen LogP contribution in [0.15, 0.2) is 33.7 Å².